The van der Waals surface area contributed by atoms with Crippen LogP contribution < -0.4 is 5.73 Å². The average molecular weight is 216 g/mol. The Morgan fingerprint density at radius 3 is 2.87 bits per heavy atom. The van der Waals surface area contributed by atoms with E-state index in [4.69, 9.17) is 10.5 Å². The van der Waals surface area contributed by atoms with Crippen molar-refractivity contribution in [3.05, 3.63) is 0 Å². The Balaban J connectivity index is 2.35. The van der Waals surface area contributed by atoms with Crippen molar-refractivity contribution < 1.29 is 9.84 Å². The molecule has 1 aliphatic carbocycles. The summed E-state index contributed by atoms with van der Waals surface area (Å²) in [6.45, 7) is 1.84. The van der Waals surface area contributed by atoms with Crippen molar-refractivity contribution in [1.29, 1.82) is 0 Å². The highest BCUT2D eigenvalue weighted by atomic mass is 16.5. The maximum atomic E-state index is 9.64. The lowest BCUT2D eigenvalue weighted by molar-refractivity contribution is 0.0302. The van der Waals surface area contributed by atoms with Gasteiger partial charge in [0.05, 0.1) is 12.7 Å². The lowest BCUT2D eigenvalue weighted by atomic mass is 10.0. The number of likely N-dealkylation sites (N-methyl/N-ethyl adjacent to an activating group) is 1. The first-order valence-electron chi connectivity index (χ1n) is 5.76. The molecule has 15 heavy (non-hydrogen) atoms. The summed E-state index contributed by atoms with van der Waals surface area (Å²) in [7, 11) is 3.68. The molecule has 0 amide bonds. The molecular formula is C11H24N2O2. The third kappa shape index (κ3) is 3.72. The zero-order valence-electron chi connectivity index (χ0n) is 9.85. The number of methoxy groups -OCH3 is 1. The highest BCUT2D eigenvalue weighted by Gasteiger charge is 2.29. The minimum Gasteiger partial charge on any atom is -0.389 e. The van der Waals surface area contributed by atoms with Crippen molar-refractivity contribution in [3.8, 4) is 0 Å². The number of ether oxygens (including phenoxy) is 1. The van der Waals surface area contributed by atoms with Gasteiger partial charge in [-0.2, -0.15) is 0 Å². The smallest absolute Gasteiger partial charge is 0.0900 e. The molecule has 0 aliphatic heterocycles. The standard InChI is InChI=1S/C11H24N2O2/c1-13(7-10(14)8-15-2)11-5-3-4-9(11)6-12/h9-11,14H,3-8,12H2,1-2H3. The summed E-state index contributed by atoms with van der Waals surface area (Å²) in [5.74, 6) is 0.602. The summed E-state index contributed by atoms with van der Waals surface area (Å²) >= 11 is 0. The van der Waals surface area contributed by atoms with Crippen LogP contribution >= 0.6 is 0 Å². The number of hydrogen-bond donors (Lipinski definition) is 2. The Hall–Kier alpha value is -0.160. The number of aliphatic hydroxyl groups is 1. The van der Waals surface area contributed by atoms with Gasteiger partial charge in [0.1, 0.15) is 0 Å². The first kappa shape index (κ1) is 12.9. The zero-order chi connectivity index (χ0) is 11.3. The monoisotopic (exact) mass is 216 g/mol. The summed E-state index contributed by atoms with van der Waals surface area (Å²) < 4.78 is 4.92. The van der Waals surface area contributed by atoms with Crippen LogP contribution in [0.5, 0.6) is 0 Å². The van der Waals surface area contributed by atoms with Crippen molar-refractivity contribution in [2.75, 3.05) is 33.9 Å². The van der Waals surface area contributed by atoms with E-state index >= 15 is 0 Å². The number of hydrogen-bond acceptors (Lipinski definition) is 4. The number of rotatable bonds is 6. The Morgan fingerprint density at radius 2 is 2.27 bits per heavy atom. The van der Waals surface area contributed by atoms with E-state index in [0.717, 1.165) is 6.54 Å². The minimum absolute atomic E-state index is 0.390. The van der Waals surface area contributed by atoms with Crippen LogP contribution in [0.15, 0.2) is 0 Å². The van der Waals surface area contributed by atoms with E-state index in [1.54, 1.807) is 7.11 Å². The number of aliphatic hydroxyl groups excluding tert-OH is 1. The molecule has 3 atom stereocenters. The molecule has 0 bridgehead atoms. The second-order valence-corrected chi connectivity index (χ2v) is 4.54. The van der Waals surface area contributed by atoms with Gasteiger partial charge in [-0.15, -0.1) is 0 Å². The molecule has 4 heteroatoms. The molecule has 1 aliphatic rings. The molecule has 0 saturated heterocycles. The van der Waals surface area contributed by atoms with Crippen LogP contribution in [0.4, 0.5) is 0 Å². The lowest BCUT2D eigenvalue weighted by Crippen LogP contribution is -2.42. The molecule has 1 saturated carbocycles. The van der Waals surface area contributed by atoms with Crippen molar-refractivity contribution >= 4 is 0 Å². The van der Waals surface area contributed by atoms with Gasteiger partial charge in [-0.1, -0.05) is 6.42 Å². The minimum atomic E-state index is -0.390. The van der Waals surface area contributed by atoms with E-state index in [1.807, 2.05) is 0 Å². The Kier molecular flexibility index (Phi) is 5.53. The maximum Gasteiger partial charge on any atom is 0.0900 e. The second-order valence-electron chi connectivity index (χ2n) is 4.54. The zero-order valence-corrected chi connectivity index (χ0v) is 9.85. The van der Waals surface area contributed by atoms with Gasteiger partial charge < -0.3 is 20.5 Å². The van der Waals surface area contributed by atoms with Crippen LogP contribution in [-0.2, 0) is 4.74 Å². The Morgan fingerprint density at radius 1 is 1.53 bits per heavy atom. The maximum absolute atomic E-state index is 9.64. The van der Waals surface area contributed by atoms with Gasteiger partial charge in [0, 0.05) is 19.7 Å². The van der Waals surface area contributed by atoms with Crippen LogP contribution in [0, 0.1) is 5.92 Å². The molecule has 90 valence electrons. The highest BCUT2D eigenvalue weighted by molar-refractivity contribution is 4.85. The van der Waals surface area contributed by atoms with Gasteiger partial charge >= 0.3 is 0 Å². The van der Waals surface area contributed by atoms with E-state index < -0.39 is 0 Å². The van der Waals surface area contributed by atoms with Crippen LogP contribution in [0.25, 0.3) is 0 Å². The number of nitrogens with zero attached hydrogens (tertiary/aromatic N) is 1. The van der Waals surface area contributed by atoms with Gasteiger partial charge in [0.15, 0.2) is 0 Å². The largest absolute Gasteiger partial charge is 0.389 e. The van der Waals surface area contributed by atoms with Gasteiger partial charge in [0.2, 0.25) is 0 Å². The van der Waals surface area contributed by atoms with Crippen molar-refractivity contribution in [2.24, 2.45) is 11.7 Å². The molecule has 1 rings (SSSR count). The second kappa shape index (κ2) is 6.43. The first-order chi connectivity index (χ1) is 7.19. The van der Waals surface area contributed by atoms with Gasteiger partial charge in [0.25, 0.3) is 0 Å². The summed E-state index contributed by atoms with van der Waals surface area (Å²) in [5.41, 5.74) is 5.74. The van der Waals surface area contributed by atoms with E-state index in [-0.39, 0.29) is 6.10 Å². The summed E-state index contributed by atoms with van der Waals surface area (Å²) in [6, 6.07) is 0.543. The van der Waals surface area contributed by atoms with Gasteiger partial charge in [-0.05, 0) is 32.4 Å². The molecular weight excluding hydrogens is 192 g/mol. The predicted octanol–water partition coefficient (Wildman–Crippen LogP) is 0.0529. The highest BCUT2D eigenvalue weighted by Crippen LogP contribution is 2.28. The molecule has 0 aromatic heterocycles. The van der Waals surface area contributed by atoms with E-state index in [0.29, 0.717) is 25.1 Å². The van der Waals surface area contributed by atoms with Crippen molar-refractivity contribution in [3.63, 3.8) is 0 Å². The molecule has 0 aromatic rings. The molecule has 0 spiro atoms. The van der Waals surface area contributed by atoms with Crippen molar-refractivity contribution in [2.45, 2.75) is 31.4 Å². The van der Waals surface area contributed by atoms with E-state index in [2.05, 4.69) is 11.9 Å². The molecule has 3 unspecified atom stereocenters. The molecule has 0 heterocycles. The van der Waals surface area contributed by atoms with Crippen molar-refractivity contribution in [1.82, 2.24) is 4.90 Å². The summed E-state index contributed by atoms with van der Waals surface area (Å²) in [5, 5.41) is 9.64. The van der Waals surface area contributed by atoms with E-state index in [1.165, 1.54) is 19.3 Å². The van der Waals surface area contributed by atoms with Crippen LogP contribution in [0.3, 0.4) is 0 Å². The SMILES string of the molecule is COCC(O)CN(C)C1CCCC1CN. The Labute approximate surface area is 92.4 Å². The third-order valence-electron chi connectivity index (χ3n) is 3.35. The number of nitrogens with two attached hydrogens (primary N) is 1. The molecule has 4 nitrogen and oxygen atoms in total. The lowest BCUT2D eigenvalue weighted by Gasteiger charge is -2.30. The van der Waals surface area contributed by atoms with Crippen LogP contribution in [0.1, 0.15) is 19.3 Å². The summed E-state index contributed by atoms with van der Waals surface area (Å²) in [6.07, 6.45) is 3.31. The fraction of sp³-hybridized carbons (Fsp3) is 1.00. The average Bonchev–Trinajstić information content (AvgIpc) is 2.65. The summed E-state index contributed by atoms with van der Waals surface area (Å²) in [4.78, 5) is 2.23. The molecule has 0 radical (unpaired) electrons. The predicted molar refractivity (Wildman–Crippen MR) is 60.7 cm³/mol. The Bertz CT molecular complexity index is 178. The van der Waals surface area contributed by atoms with Gasteiger partial charge in [-0.3, -0.25) is 0 Å². The molecule has 3 N–H and O–H groups in total. The van der Waals surface area contributed by atoms with Gasteiger partial charge in [-0.25, -0.2) is 0 Å². The fourth-order valence-corrected chi connectivity index (χ4v) is 2.59. The van der Waals surface area contributed by atoms with Crippen LogP contribution in [-0.4, -0.2) is 56.0 Å². The fourth-order valence-electron chi connectivity index (χ4n) is 2.59. The topological polar surface area (TPSA) is 58.7 Å². The molecule has 1 fully saturated rings. The first-order valence-corrected chi connectivity index (χ1v) is 5.76. The quantitative estimate of drug-likeness (QED) is 0.659. The van der Waals surface area contributed by atoms with Crippen LogP contribution in [0.2, 0.25) is 0 Å². The third-order valence-corrected chi connectivity index (χ3v) is 3.35. The molecule has 0 aromatic carbocycles. The van der Waals surface area contributed by atoms with E-state index in [9.17, 15) is 5.11 Å². The normalized spacial score (nSPS) is 28.6.